The highest BCUT2D eigenvalue weighted by Crippen LogP contribution is 2.33. The normalized spacial score (nSPS) is 14.9. The zero-order valence-corrected chi connectivity index (χ0v) is 11.0. The lowest BCUT2D eigenvalue weighted by molar-refractivity contribution is -0.192. The number of halogens is 3. The van der Waals surface area contributed by atoms with Gasteiger partial charge in [0.2, 0.25) is 5.54 Å². The molecule has 6 nitrogen and oxygen atoms in total. The van der Waals surface area contributed by atoms with Gasteiger partial charge >= 0.3 is 12.1 Å². The summed E-state index contributed by atoms with van der Waals surface area (Å²) in [6.45, 7) is 3.83. The molecular weight excluding hydrogens is 279 g/mol. The van der Waals surface area contributed by atoms with E-state index in [-0.39, 0.29) is 11.7 Å². The van der Waals surface area contributed by atoms with E-state index in [4.69, 9.17) is 5.11 Å². The SMILES string of the molecule is CC(C)c1nc(NC(C)(C(=O)O)C(F)(F)F)cc(=O)[nH]1. The number of nitrogens with one attached hydrogen (secondary N) is 2. The van der Waals surface area contributed by atoms with Gasteiger partial charge in [-0.15, -0.1) is 0 Å². The van der Waals surface area contributed by atoms with Crippen LogP contribution in [-0.4, -0.2) is 32.8 Å². The minimum atomic E-state index is -5.05. The van der Waals surface area contributed by atoms with Gasteiger partial charge in [-0.05, 0) is 6.92 Å². The van der Waals surface area contributed by atoms with E-state index in [1.165, 1.54) is 0 Å². The van der Waals surface area contributed by atoms with Crippen LogP contribution in [0.1, 0.15) is 32.5 Å². The lowest BCUT2D eigenvalue weighted by atomic mass is 10.0. The summed E-state index contributed by atoms with van der Waals surface area (Å²) < 4.78 is 38.5. The number of H-pyrrole nitrogens is 1. The molecule has 1 heterocycles. The van der Waals surface area contributed by atoms with E-state index in [1.54, 1.807) is 19.2 Å². The van der Waals surface area contributed by atoms with E-state index < -0.39 is 29.1 Å². The number of aromatic amines is 1. The zero-order valence-electron chi connectivity index (χ0n) is 11.0. The second-order valence-electron chi connectivity index (χ2n) is 4.72. The Kier molecular flexibility index (Phi) is 4.11. The fourth-order valence-corrected chi connectivity index (χ4v) is 1.32. The van der Waals surface area contributed by atoms with Crippen molar-refractivity contribution >= 4 is 11.8 Å². The summed E-state index contributed by atoms with van der Waals surface area (Å²) >= 11 is 0. The number of alkyl halides is 3. The molecule has 0 aliphatic rings. The number of carboxylic acids is 1. The molecule has 0 aliphatic heterocycles. The molecule has 0 saturated heterocycles. The number of hydrogen-bond donors (Lipinski definition) is 3. The van der Waals surface area contributed by atoms with Gasteiger partial charge < -0.3 is 15.4 Å². The zero-order chi connectivity index (χ0) is 15.7. The van der Waals surface area contributed by atoms with Crippen molar-refractivity contribution < 1.29 is 23.1 Å². The fraction of sp³-hybridized carbons (Fsp3) is 0.545. The van der Waals surface area contributed by atoms with Gasteiger partial charge in [0.15, 0.2) is 0 Å². The number of hydrogen-bond acceptors (Lipinski definition) is 4. The van der Waals surface area contributed by atoms with Gasteiger partial charge in [0.25, 0.3) is 5.56 Å². The molecule has 0 bridgehead atoms. The number of carboxylic acid groups (broad SMARTS) is 1. The van der Waals surface area contributed by atoms with Gasteiger partial charge in [-0.1, -0.05) is 13.8 Å². The smallest absolute Gasteiger partial charge is 0.422 e. The highest BCUT2D eigenvalue weighted by atomic mass is 19.4. The number of anilines is 1. The minimum absolute atomic E-state index is 0.162. The van der Waals surface area contributed by atoms with Crippen LogP contribution in [0.25, 0.3) is 0 Å². The molecular formula is C11H14F3N3O3. The van der Waals surface area contributed by atoms with Gasteiger partial charge in [0, 0.05) is 12.0 Å². The Labute approximate surface area is 112 Å². The molecule has 0 radical (unpaired) electrons. The van der Waals surface area contributed by atoms with Crippen molar-refractivity contribution in [3.8, 4) is 0 Å². The Balaban J connectivity index is 3.26. The molecule has 1 rings (SSSR count). The van der Waals surface area contributed by atoms with Crippen LogP contribution in [0.2, 0.25) is 0 Å². The Morgan fingerprint density at radius 2 is 2.00 bits per heavy atom. The van der Waals surface area contributed by atoms with E-state index in [0.29, 0.717) is 6.92 Å². The number of carbonyl (C=O) groups is 1. The van der Waals surface area contributed by atoms with Crippen molar-refractivity contribution in [2.24, 2.45) is 0 Å². The summed E-state index contributed by atoms with van der Waals surface area (Å²) in [7, 11) is 0. The molecule has 0 saturated carbocycles. The first-order chi connectivity index (χ1) is 8.97. The summed E-state index contributed by atoms with van der Waals surface area (Å²) in [6, 6.07) is 0.777. The molecule has 0 aromatic carbocycles. The molecule has 0 fully saturated rings. The average Bonchev–Trinajstić information content (AvgIpc) is 2.26. The van der Waals surface area contributed by atoms with Crippen molar-refractivity contribution in [2.45, 2.75) is 38.4 Å². The highest BCUT2D eigenvalue weighted by Gasteiger charge is 2.57. The van der Waals surface area contributed by atoms with Crippen molar-refractivity contribution in [1.82, 2.24) is 9.97 Å². The van der Waals surface area contributed by atoms with Gasteiger partial charge in [0.1, 0.15) is 11.6 Å². The fourth-order valence-electron chi connectivity index (χ4n) is 1.32. The predicted octanol–water partition coefficient (Wildman–Crippen LogP) is 1.71. The van der Waals surface area contributed by atoms with Gasteiger partial charge in [-0.2, -0.15) is 13.2 Å². The molecule has 9 heteroatoms. The Morgan fingerprint density at radius 3 is 2.40 bits per heavy atom. The molecule has 112 valence electrons. The molecule has 1 atom stereocenters. The van der Waals surface area contributed by atoms with E-state index >= 15 is 0 Å². The Bertz CT molecular complexity index is 568. The van der Waals surface area contributed by atoms with Gasteiger partial charge in [-0.3, -0.25) is 4.79 Å². The summed E-state index contributed by atoms with van der Waals surface area (Å²) in [5, 5.41) is 10.6. The maximum Gasteiger partial charge on any atom is 0.422 e. The average molecular weight is 293 g/mol. The first-order valence-electron chi connectivity index (χ1n) is 5.67. The van der Waals surface area contributed by atoms with Crippen LogP contribution in [0.4, 0.5) is 19.0 Å². The molecule has 1 aromatic heterocycles. The minimum Gasteiger partial charge on any atom is -0.479 e. The molecule has 0 spiro atoms. The summed E-state index contributed by atoms with van der Waals surface area (Å²) in [5.74, 6) is -2.63. The molecule has 1 aromatic rings. The number of aromatic nitrogens is 2. The van der Waals surface area contributed by atoms with Crippen molar-refractivity contribution in [2.75, 3.05) is 5.32 Å². The van der Waals surface area contributed by atoms with Crippen molar-refractivity contribution in [1.29, 1.82) is 0 Å². The van der Waals surface area contributed by atoms with Gasteiger partial charge in [0.05, 0.1) is 0 Å². The van der Waals surface area contributed by atoms with Crippen LogP contribution in [0.5, 0.6) is 0 Å². The third-order valence-electron chi connectivity index (χ3n) is 2.68. The summed E-state index contributed by atoms with van der Waals surface area (Å²) in [6.07, 6.45) is -5.05. The van der Waals surface area contributed by atoms with Crippen LogP contribution in [-0.2, 0) is 4.79 Å². The summed E-state index contributed by atoms with van der Waals surface area (Å²) in [5.41, 5.74) is -3.90. The molecule has 3 N–H and O–H groups in total. The number of aliphatic carboxylic acids is 1. The second-order valence-corrected chi connectivity index (χ2v) is 4.72. The van der Waals surface area contributed by atoms with Crippen LogP contribution in [0.15, 0.2) is 10.9 Å². The second kappa shape index (κ2) is 5.14. The first kappa shape index (κ1) is 16.0. The van der Waals surface area contributed by atoms with E-state index in [2.05, 4.69) is 9.97 Å². The topological polar surface area (TPSA) is 95.1 Å². The van der Waals surface area contributed by atoms with Crippen LogP contribution in [0.3, 0.4) is 0 Å². The third kappa shape index (κ3) is 3.09. The third-order valence-corrected chi connectivity index (χ3v) is 2.68. The summed E-state index contributed by atoms with van der Waals surface area (Å²) in [4.78, 5) is 28.4. The van der Waals surface area contributed by atoms with Crippen LogP contribution < -0.4 is 10.9 Å². The molecule has 0 aliphatic carbocycles. The first-order valence-corrected chi connectivity index (χ1v) is 5.67. The number of rotatable bonds is 4. The number of nitrogens with zero attached hydrogens (tertiary/aromatic N) is 1. The Hall–Kier alpha value is -2.06. The molecule has 1 unspecified atom stereocenters. The van der Waals surface area contributed by atoms with E-state index in [0.717, 1.165) is 6.07 Å². The van der Waals surface area contributed by atoms with Crippen LogP contribution >= 0.6 is 0 Å². The highest BCUT2D eigenvalue weighted by molar-refractivity contribution is 5.83. The van der Waals surface area contributed by atoms with Crippen molar-refractivity contribution in [3.05, 3.63) is 22.2 Å². The van der Waals surface area contributed by atoms with E-state index in [9.17, 15) is 22.8 Å². The maximum absolute atomic E-state index is 12.8. The largest absolute Gasteiger partial charge is 0.479 e. The van der Waals surface area contributed by atoms with E-state index in [1.807, 2.05) is 0 Å². The molecule has 0 amide bonds. The standard InChI is InChI=1S/C11H14F3N3O3/c1-5(2)8-15-6(4-7(18)16-8)17-10(3,9(19)20)11(12,13)14/h4-5H,1-3H3,(H,19,20)(H2,15,16,17,18). The van der Waals surface area contributed by atoms with Crippen LogP contribution in [0, 0.1) is 0 Å². The molecule has 20 heavy (non-hydrogen) atoms. The maximum atomic E-state index is 12.8. The lowest BCUT2D eigenvalue weighted by Gasteiger charge is -2.29. The lowest BCUT2D eigenvalue weighted by Crippen LogP contribution is -2.55. The Morgan fingerprint density at radius 1 is 1.45 bits per heavy atom. The van der Waals surface area contributed by atoms with Gasteiger partial charge in [-0.25, -0.2) is 9.78 Å². The predicted molar refractivity (Wildman–Crippen MR) is 64.7 cm³/mol. The monoisotopic (exact) mass is 293 g/mol. The quantitative estimate of drug-likeness (QED) is 0.785. The van der Waals surface area contributed by atoms with Crippen molar-refractivity contribution in [3.63, 3.8) is 0 Å².